The van der Waals surface area contributed by atoms with Gasteiger partial charge in [0.25, 0.3) is 0 Å². The monoisotopic (exact) mass is 417 g/mol. The Bertz CT molecular complexity index is 969. The Morgan fingerprint density at radius 3 is 2.83 bits per heavy atom. The Morgan fingerprint density at radius 1 is 1.20 bits per heavy atom. The topological polar surface area (TPSA) is 82.2 Å². The van der Waals surface area contributed by atoms with E-state index in [4.69, 9.17) is 4.74 Å². The Kier molecular flexibility index (Phi) is 6.08. The van der Waals surface area contributed by atoms with E-state index < -0.39 is 11.9 Å². The third-order valence-electron chi connectivity index (χ3n) is 8.12. The maximum atomic E-state index is 12.1. The van der Waals surface area contributed by atoms with Crippen molar-refractivity contribution >= 4 is 22.8 Å². The van der Waals surface area contributed by atoms with Gasteiger partial charge in [0.2, 0.25) is 0 Å². The van der Waals surface area contributed by atoms with Crippen molar-refractivity contribution in [2.24, 2.45) is 17.3 Å². The van der Waals surface area contributed by atoms with E-state index >= 15 is 0 Å². The van der Waals surface area contributed by atoms with E-state index in [1.807, 2.05) is 6.20 Å². The number of aliphatic carboxylic acids is 1. The molecular weight excluding hydrogens is 389 g/mol. The van der Waals surface area contributed by atoms with Crippen molar-refractivity contribution in [2.75, 3.05) is 0 Å². The summed E-state index contributed by atoms with van der Waals surface area (Å²) in [4.78, 5) is 26.1. The van der Waals surface area contributed by atoms with Crippen LogP contribution in [0.4, 0.5) is 0 Å². The van der Waals surface area contributed by atoms with Crippen LogP contribution in [0.25, 0.3) is 10.9 Å². The van der Waals surface area contributed by atoms with E-state index in [0.29, 0.717) is 17.8 Å². The molecule has 0 aliphatic heterocycles. The first-order chi connectivity index (χ1) is 14.0. The second-order valence-corrected chi connectivity index (χ2v) is 9.50. The first kappa shape index (κ1) is 21.9. The molecule has 30 heavy (non-hydrogen) atoms. The van der Waals surface area contributed by atoms with Gasteiger partial charge in [0.1, 0.15) is 6.10 Å². The summed E-state index contributed by atoms with van der Waals surface area (Å²) in [6.45, 7) is 2.29. The fourth-order valence-corrected chi connectivity index (χ4v) is 6.69. The van der Waals surface area contributed by atoms with Gasteiger partial charge in [0.05, 0.1) is 6.42 Å². The third kappa shape index (κ3) is 3.63. The van der Waals surface area contributed by atoms with Gasteiger partial charge in [0.15, 0.2) is 0 Å². The molecule has 0 bridgehead atoms. The molecule has 2 aromatic rings. The van der Waals surface area contributed by atoms with Crippen LogP contribution in [0.2, 0.25) is 0 Å². The number of esters is 1. The number of carboxylic acid groups (broad SMARTS) is 1. The molecule has 0 spiro atoms. The van der Waals surface area contributed by atoms with Crippen LogP contribution in [0, 0.1) is 17.3 Å². The van der Waals surface area contributed by atoms with Gasteiger partial charge >= 0.3 is 35.5 Å². The molecule has 3 unspecified atom stereocenters. The number of carbonyl (C=O) groups is 2. The molecule has 6 heteroatoms. The number of aryl methyl sites for hydroxylation is 1. The molecule has 1 aromatic carbocycles. The third-order valence-corrected chi connectivity index (χ3v) is 8.12. The normalized spacial score (nSPS) is 31.9. The van der Waals surface area contributed by atoms with E-state index in [0.717, 1.165) is 32.1 Å². The minimum Gasteiger partial charge on any atom is -0.550 e. The van der Waals surface area contributed by atoms with Crippen LogP contribution in [-0.4, -0.2) is 23.0 Å². The molecule has 5 atom stereocenters. The van der Waals surface area contributed by atoms with Crippen LogP contribution >= 0.6 is 0 Å². The minimum absolute atomic E-state index is 0. The number of nitrogens with one attached hydrogen (secondary N) is 1. The summed E-state index contributed by atoms with van der Waals surface area (Å²) in [5.41, 5.74) is 4.26. The molecule has 5 rings (SSSR count). The summed E-state index contributed by atoms with van der Waals surface area (Å²) in [5.74, 6) is 0.214. The minimum atomic E-state index is -1.20. The Morgan fingerprint density at radius 2 is 2.03 bits per heavy atom. The van der Waals surface area contributed by atoms with E-state index in [9.17, 15) is 14.7 Å². The van der Waals surface area contributed by atoms with Crippen molar-refractivity contribution in [3.05, 3.63) is 35.5 Å². The summed E-state index contributed by atoms with van der Waals surface area (Å²) in [6, 6.07) is 6.89. The van der Waals surface area contributed by atoms with Gasteiger partial charge in [0, 0.05) is 23.1 Å². The summed E-state index contributed by atoms with van der Waals surface area (Å²) in [5, 5.41) is 11.9. The zero-order chi connectivity index (χ0) is 20.2. The predicted molar refractivity (Wildman–Crippen MR) is 107 cm³/mol. The molecule has 2 fully saturated rings. The van der Waals surface area contributed by atoms with Gasteiger partial charge in [-0.15, -0.1) is 0 Å². The molecule has 3 aliphatic rings. The van der Waals surface area contributed by atoms with Gasteiger partial charge in [-0.2, -0.15) is 0 Å². The molecule has 0 amide bonds. The van der Waals surface area contributed by atoms with Crippen LogP contribution in [-0.2, 0) is 20.7 Å². The van der Waals surface area contributed by atoms with Crippen LogP contribution in [0.5, 0.6) is 0 Å². The number of carbonyl (C=O) groups excluding carboxylic acids is 2. The predicted octanol–water partition coefficient (Wildman–Crippen LogP) is 0.470. The first-order valence-electron chi connectivity index (χ1n) is 10.9. The molecule has 5 nitrogen and oxygen atoms in total. The molecule has 3 aliphatic carbocycles. The number of ether oxygens (including phenoxy) is 1. The number of rotatable bonds is 4. The number of aromatic nitrogens is 1. The number of carboxylic acids is 1. The van der Waals surface area contributed by atoms with Gasteiger partial charge < -0.3 is 19.6 Å². The van der Waals surface area contributed by atoms with Crippen LogP contribution in [0.15, 0.2) is 24.4 Å². The zero-order valence-corrected chi connectivity index (χ0v) is 19.9. The average Bonchev–Trinajstić information content (AvgIpc) is 3.28. The van der Waals surface area contributed by atoms with Gasteiger partial charge in [-0.3, -0.25) is 4.79 Å². The van der Waals surface area contributed by atoms with Gasteiger partial charge in [-0.05, 0) is 97.4 Å². The average molecular weight is 417 g/mol. The van der Waals surface area contributed by atoms with E-state index in [2.05, 4.69) is 30.1 Å². The maximum Gasteiger partial charge on any atom is 1.00 e. The van der Waals surface area contributed by atoms with Crippen molar-refractivity contribution < 1.29 is 49.0 Å². The van der Waals surface area contributed by atoms with Crippen LogP contribution in [0.1, 0.15) is 68.9 Å². The second-order valence-electron chi connectivity index (χ2n) is 9.50. The van der Waals surface area contributed by atoms with Crippen LogP contribution < -0.4 is 34.7 Å². The zero-order valence-electron chi connectivity index (χ0n) is 17.9. The largest absolute Gasteiger partial charge is 1.00 e. The number of fused-ring (bicyclic) bond motifs is 6. The molecule has 1 heterocycles. The van der Waals surface area contributed by atoms with Crippen LogP contribution in [0.3, 0.4) is 0 Å². The molecule has 1 N–H and O–H groups in total. The number of H-pyrrole nitrogens is 1. The van der Waals surface area contributed by atoms with Crippen molar-refractivity contribution in [3.8, 4) is 0 Å². The fourth-order valence-electron chi connectivity index (χ4n) is 6.69. The number of hydrogen-bond donors (Lipinski definition) is 1. The molecule has 1 aromatic heterocycles. The van der Waals surface area contributed by atoms with Crippen molar-refractivity contribution in [3.63, 3.8) is 0 Å². The Balaban J connectivity index is 0.00000218. The smallest absolute Gasteiger partial charge is 0.550 e. The summed E-state index contributed by atoms with van der Waals surface area (Å²) in [6.07, 6.45) is 8.08. The fraction of sp³-hybridized carbons (Fsp3) is 0.583. The molecular formula is C24H28NNaO4. The summed E-state index contributed by atoms with van der Waals surface area (Å²) in [7, 11) is 0. The molecule has 0 saturated heterocycles. The maximum absolute atomic E-state index is 12.1. The molecule has 0 radical (unpaired) electrons. The quantitative estimate of drug-likeness (QED) is 0.579. The summed E-state index contributed by atoms with van der Waals surface area (Å²) >= 11 is 0. The molecule has 154 valence electrons. The van der Waals surface area contributed by atoms with Crippen molar-refractivity contribution in [2.45, 2.75) is 70.3 Å². The van der Waals surface area contributed by atoms with Crippen molar-refractivity contribution in [1.29, 1.82) is 0 Å². The number of hydrogen-bond acceptors (Lipinski definition) is 4. The number of aromatic amines is 1. The Labute approximate surface area is 199 Å². The Hall–Kier alpha value is -1.30. The summed E-state index contributed by atoms with van der Waals surface area (Å²) < 4.78 is 5.80. The van der Waals surface area contributed by atoms with Crippen molar-refractivity contribution in [1.82, 2.24) is 4.98 Å². The van der Waals surface area contributed by atoms with Gasteiger partial charge in [-0.1, -0.05) is 6.92 Å². The van der Waals surface area contributed by atoms with E-state index in [-0.39, 0.29) is 53.9 Å². The van der Waals surface area contributed by atoms with E-state index in [1.165, 1.54) is 28.5 Å². The van der Waals surface area contributed by atoms with Gasteiger partial charge in [-0.25, -0.2) is 0 Å². The first-order valence-corrected chi connectivity index (χ1v) is 10.9. The second kappa shape index (κ2) is 8.33. The SMILES string of the molecule is C[C@]12CCC3c4cc5cc[nH]c5cc4CCC3C1CC[C@@H]2OC(=O)CCC(=O)[O-].[Na+]. The van der Waals surface area contributed by atoms with E-state index in [1.54, 1.807) is 0 Å². The standard InChI is InChI=1S/C24H29NO4.Na/c1-24-10-8-16-17(3-2-14-13-20-15(9-11-25-20)12-18(14)16)19(24)4-5-21(24)29-23(28)7-6-22(26)27;/h9,11-13,16-17,19,21,25H,2-8,10H2,1H3,(H,26,27);/q;+1/p-1/t16?,17?,19?,21-,24-;/m0./s1. The number of benzene rings is 1. The molecule has 2 saturated carbocycles.